The highest BCUT2D eigenvalue weighted by atomic mass is 35.5. The summed E-state index contributed by atoms with van der Waals surface area (Å²) in [5, 5.41) is 1.10. The van der Waals surface area contributed by atoms with E-state index in [-0.39, 0.29) is 5.41 Å². The predicted octanol–water partition coefficient (Wildman–Crippen LogP) is 5.95. The zero-order valence-corrected chi connectivity index (χ0v) is 13.8. The zero-order valence-electron chi connectivity index (χ0n) is 10.8. The molecule has 0 bridgehead atoms. The van der Waals surface area contributed by atoms with Crippen molar-refractivity contribution in [2.24, 2.45) is 0 Å². The molecule has 2 aromatic carbocycles. The highest BCUT2D eigenvalue weighted by Crippen LogP contribution is 2.33. The van der Waals surface area contributed by atoms with E-state index in [9.17, 15) is 0 Å². The van der Waals surface area contributed by atoms with E-state index < -0.39 is 0 Å². The second-order valence-electron chi connectivity index (χ2n) is 4.84. The van der Waals surface area contributed by atoms with Gasteiger partial charge in [0.25, 0.3) is 0 Å². The van der Waals surface area contributed by atoms with E-state index in [4.69, 9.17) is 46.4 Å². The molecule has 0 N–H and O–H groups in total. The van der Waals surface area contributed by atoms with E-state index in [0.29, 0.717) is 21.8 Å². The van der Waals surface area contributed by atoms with E-state index >= 15 is 0 Å². The Bertz CT molecular complexity index is 562. The van der Waals surface area contributed by atoms with Gasteiger partial charge in [0.05, 0.1) is 10.0 Å². The Morgan fingerprint density at radius 2 is 1.45 bits per heavy atom. The molecule has 0 atom stereocenters. The lowest BCUT2D eigenvalue weighted by Crippen LogP contribution is -2.33. The largest absolute Gasteiger partial charge is 0.126 e. The topological polar surface area (TPSA) is 0 Å². The lowest BCUT2D eigenvalue weighted by molar-refractivity contribution is 0.536. The first kappa shape index (κ1) is 16.0. The number of rotatable bonds is 5. The van der Waals surface area contributed by atoms with Crippen molar-refractivity contribution in [3.8, 4) is 0 Å². The molecule has 106 valence electrons. The van der Waals surface area contributed by atoms with Crippen LogP contribution in [0.2, 0.25) is 10.0 Å². The Kier molecular flexibility index (Phi) is 5.63. The Morgan fingerprint density at radius 3 is 2.00 bits per heavy atom. The van der Waals surface area contributed by atoms with Gasteiger partial charge in [-0.05, 0) is 29.7 Å². The fourth-order valence-electron chi connectivity index (χ4n) is 2.22. The van der Waals surface area contributed by atoms with Gasteiger partial charge in [0.1, 0.15) is 0 Å². The zero-order chi connectivity index (χ0) is 14.6. The Balaban J connectivity index is 2.36. The molecule has 0 aliphatic rings. The van der Waals surface area contributed by atoms with Gasteiger partial charge in [-0.3, -0.25) is 0 Å². The van der Waals surface area contributed by atoms with Crippen LogP contribution in [0, 0.1) is 0 Å². The second-order valence-corrected chi connectivity index (χ2v) is 6.19. The summed E-state index contributed by atoms with van der Waals surface area (Å²) in [7, 11) is 0. The molecule has 4 heteroatoms. The average Bonchev–Trinajstić information content (AvgIpc) is 2.49. The molecular weight excluding hydrogens is 334 g/mol. The molecular formula is C16H14Cl4. The van der Waals surface area contributed by atoms with Crippen LogP contribution in [0.3, 0.4) is 0 Å². The summed E-state index contributed by atoms with van der Waals surface area (Å²) < 4.78 is 0. The summed E-state index contributed by atoms with van der Waals surface area (Å²) in [5.41, 5.74) is 1.90. The van der Waals surface area contributed by atoms with Crippen molar-refractivity contribution in [1.82, 2.24) is 0 Å². The molecule has 0 nitrogen and oxygen atoms in total. The van der Waals surface area contributed by atoms with Crippen molar-refractivity contribution in [2.75, 3.05) is 11.8 Å². The molecule has 0 amide bonds. The summed E-state index contributed by atoms with van der Waals surface area (Å²) >= 11 is 24.5. The Labute approximate surface area is 139 Å². The second kappa shape index (κ2) is 7.04. The van der Waals surface area contributed by atoms with Gasteiger partial charge >= 0.3 is 0 Å². The molecule has 0 aliphatic heterocycles. The van der Waals surface area contributed by atoms with Gasteiger partial charge in [-0.25, -0.2) is 0 Å². The molecule has 0 spiro atoms. The number of benzene rings is 2. The van der Waals surface area contributed by atoms with Gasteiger partial charge in [-0.1, -0.05) is 59.6 Å². The van der Waals surface area contributed by atoms with E-state index in [1.807, 2.05) is 30.3 Å². The van der Waals surface area contributed by atoms with Gasteiger partial charge in [-0.15, -0.1) is 23.2 Å². The van der Waals surface area contributed by atoms with Crippen molar-refractivity contribution in [2.45, 2.75) is 11.8 Å². The molecule has 0 radical (unpaired) electrons. The smallest absolute Gasteiger partial charge is 0.0595 e. The summed E-state index contributed by atoms with van der Waals surface area (Å²) in [6, 6.07) is 15.7. The van der Waals surface area contributed by atoms with Crippen molar-refractivity contribution >= 4 is 46.4 Å². The van der Waals surface area contributed by atoms with Crippen LogP contribution >= 0.6 is 46.4 Å². The van der Waals surface area contributed by atoms with Crippen LogP contribution in [-0.2, 0) is 11.8 Å². The quantitative estimate of drug-likeness (QED) is 0.586. The maximum absolute atomic E-state index is 6.24. The van der Waals surface area contributed by atoms with Crippen LogP contribution in [-0.4, -0.2) is 11.8 Å². The summed E-state index contributed by atoms with van der Waals surface area (Å²) in [4.78, 5) is 0. The summed E-state index contributed by atoms with van der Waals surface area (Å²) in [6.07, 6.45) is 0.723. The molecule has 0 fully saturated rings. The maximum Gasteiger partial charge on any atom is 0.0595 e. The number of hydrogen-bond donors (Lipinski definition) is 0. The van der Waals surface area contributed by atoms with Gasteiger partial charge < -0.3 is 0 Å². The van der Waals surface area contributed by atoms with E-state index in [2.05, 4.69) is 12.1 Å². The van der Waals surface area contributed by atoms with E-state index in [0.717, 1.165) is 17.5 Å². The molecule has 20 heavy (non-hydrogen) atoms. The minimum Gasteiger partial charge on any atom is -0.126 e. The van der Waals surface area contributed by atoms with E-state index in [1.165, 1.54) is 0 Å². The SMILES string of the molecule is ClCC(CCl)(Cc1ccc(Cl)c(Cl)c1)c1ccccc1. The first-order valence-corrected chi connectivity index (χ1v) is 8.05. The van der Waals surface area contributed by atoms with Crippen LogP contribution in [0.15, 0.2) is 48.5 Å². The van der Waals surface area contributed by atoms with Crippen molar-refractivity contribution in [3.05, 3.63) is 69.7 Å². The van der Waals surface area contributed by atoms with Crippen molar-refractivity contribution in [3.63, 3.8) is 0 Å². The maximum atomic E-state index is 6.24. The lowest BCUT2D eigenvalue weighted by Gasteiger charge is -2.30. The highest BCUT2D eigenvalue weighted by molar-refractivity contribution is 6.42. The summed E-state index contributed by atoms with van der Waals surface area (Å²) in [6.45, 7) is 0. The van der Waals surface area contributed by atoms with Gasteiger partial charge in [0, 0.05) is 17.2 Å². The van der Waals surface area contributed by atoms with Gasteiger partial charge in [0.15, 0.2) is 0 Å². The molecule has 2 aromatic rings. The fraction of sp³-hybridized carbons (Fsp3) is 0.250. The van der Waals surface area contributed by atoms with Crippen LogP contribution < -0.4 is 0 Å². The standard InChI is InChI=1S/C16H14Cl4/c17-10-16(11-18,13-4-2-1-3-5-13)9-12-6-7-14(19)15(20)8-12/h1-8H,9-11H2. The lowest BCUT2D eigenvalue weighted by atomic mass is 9.79. The minimum atomic E-state index is -0.304. The highest BCUT2D eigenvalue weighted by Gasteiger charge is 2.31. The van der Waals surface area contributed by atoms with Crippen LogP contribution in [0.25, 0.3) is 0 Å². The van der Waals surface area contributed by atoms with E-state index in [1.54, 1.807) is 6.07 Å². The van der Waals surface area contributed by atoms with Crippen LogP contribution in [0.1, 0.15) is 11.1 Å². The molecule has 0 saturated carbocycles. The normalized spacial score (nSPS) is 11.6. The predicted molar refractivity (Wildman–Crippen MR) is 89.7 cm³/mol. The molecule has 0 unspecified atom stereocenters. The number of hydrogen-bond acceptors (Lipinski definition) is 0. The third kappa shape index (κ3) is 3.43. The average molecular weight is 348 g/mol. The first-order valence-electron chi connectivity index (χ1n) is 6.23. The molecule has 0 saturated heterocycles. The monoisotopic (exact) mass is 346 g/mol. The molecule has 0 aromatic heterocycles. The van der Waals surface area contributed by atoms with Crippen molar-refractivity contribution in [1.29, 1.82) is 0 Å². The molecule has 2 rings (SSSR count). The minimum absolute atomic E-state index is 0.304. The third-order valence-corrected chi connectivity index (χ3v) is 5.19. The first-order chi connectivity index (χ1) is 9.61. The van der Waals surface area contributed by atoms with Gasteiger partial charge in [0.2, 0.25) is 0 Å². The fourth-order valence-corrected chi connectivity index (χ4v) is 3.32. The number of halogens is 4. The molecule has 0 heterocycles. The number of alkyl halides is 2. The molecule has 0 aliphatic carbocycles. The van der Waals surface area contributed by atoms with Crippen molar-refractivity contribution < 1.29 is 0 Å². The van der Waals surface area contributed by atoms with Crippen LogP contribution in [0.5, 0.6) is 0 Å². The third-order valence-electron chi connectivity index (χ3n) is 3.42. The van der Waals surface area contributed by atoms with Crippen LogP contribution in [0.4, 0.5) is 0 Å². The Hall–Kier alpha value is -0.400. The summed E-state index contributed by atoms with van der Waals surface area (Å²) in [5.74, 6) is 0.890. The Morgan fingerprint density at radius 1 is 0.800 bits per heavy atom. The van der Waals surface area contributed by atoms with Gasteiger partial charge in [-0.2, -0.15) is 0 Å².